The Kier molecular flexibility index (Phi) is 13.1. The van der Waals surface area contributed by atoms with Crippen molar-refractivity contribution >= 4 is 29.3 Å². The number of carbonyl (C=O) groups is 5. The molecule has 13 heteroatoms. The summed E-state index contributed by atoms with van der Waals surface area (Å²) in [6.07, 6.45) is 7.26. The van der Waals surface area contributed by atoms with Crippen LogP contribution in [0.15, 0.2) is 66.9 Å². The highest BCUT2D eigenvalue weighted by atomic mass is 19.1. The SMILES string of the molecule is CC(C)(C)[C@H](c1nn(-c2cc(F)ccc2F)cc1Cc1ccccc1)N(CC[C@H](N)C(=O)C[C@@H]1CC[C@@H](C(=O)CCCN2C(=O)C=CC2=O)C1)C(=O)CO. The number of aromatic nitrogens is 2. The van der Waals surface area contributed by atoms with Gasteiger partial charge in [0.15, 0.2) is 0 Å². The number of amides is 3. The average molecular weight is 746 g/mol. The van der Waals surface area contributed by atoms with Crippen molar-refractivity contribution in [2.75, 3.05) is 19.7 Å². The number of carbonyl (C=O) groups excluding carboxylic acids is 5. The lowest BCUT2D eigenvalue weighted by Gasteiger charge is -2.40. The van der Waals surface area contributed by atoms with E-state index in [0.29, 0.717) is 43.4 Å². The van der Waals surface area contributed by atoms with Crippen LogP contribution >= 0.6 is 0 Å². The molecule has 2 heterocycles. The standard InChI is InChI=1S/C41H49F2N5O6/c1-41(2,3)40(39-29(20-26-8-5-4-6-9-26)24-48(45-39)33-23-30(42)13-14-31(33)43)47(38(54)25-49)19-17-32(44)35(51)22-27-11-12-28(21-27)34(50)10-7-18-46-36(52)15-16-37(46)53/h4-6,8-9,13-16,23-24,27-28,32,40,49H,7,10-12,17-22,25,44H2,1-3H3/t27-,28-,32+,40+/m1/s1. The number of rotatable bonds is 17. The molecule has 3 N–H and O–H groups in total. The number of hydrogen-bond donors (Lipinski definition) is 2. The Hall–Kier alpha value is -4.88. The van der Waals surface area contributed by atoms with E-state index in [1.807, 2.05) is 51.1 Å². The maximum absolute atomic E-state index is 15.0. The highest BCUT2D eigenvalue weighted by Crippen LogP contribution is 2.40. The smallest absolute Gasteiger partial charge is 0.253 e. The normalized spacial score (nSPS) is 18.3. The number of nitrogens with zero attached hydrogens (tertiary/aromatic N) is 4. The molecule has 3 aromatic rings. The molecule has 1 saturated carbocycles. The molecule has 0 saturated heterocycles. The first-order valence-electron chi connectivity index (χ1n) is 18.5. The summed E-state index contributed by atoms with van der Waals surface area (Å²) in [7, 11) is 0. The van der Waals surface area contributed by atoms with Crippen LogP contribution in [0.5, 0.6) is 0 Å². The van der Waals surface area contributed by atoms with Crippen molar-refractivity contribution in [2.45, 2.75) is 84.2 Å². The summed E-state index contributed by atoms with van der Waals surface area (Å²) < 4.78 is 30.6. The zero-order valence-electron chi connectivity index (χ0n) is 31.0. The Morgan fingerprint density at radius 2 is 1.74 bits per heavy atom. The average Bonchev–Trinajstić information content (AvgIpc) is 3.86. The molecule has 288 valence electrons. The molecular formula is C41H49F2N5O6. The summed E-state index contributed by atoms with van der Waals surface area (Å²) in [5.41, 5.74) is 7.71. The Balaban J connectivity index is 1.28. The molecule has 0 radical (unpaired) electrons. The molecule has 11 nitrogen and oxygen atoms in total. The number of aliphatic hydroxyl groups is 1. The Morgan fingerprint density at radius 3 is 2.41 bits per heavy atom. The molecule has 4 atom stereocenters. The summed E-state index contributed by atoms with van der Waals surface area (Å²) in [4.78, 5) is 65.9. The minimum absolute atomic E-state index is 0.0174. The highest BCUT2D eigenvalue weighted by molar-refractivity contribution is 6.12. The zero-order valence-corrected chi connectivity index (χ0v) is 31.0. The number of aliphatic hydroxyl groups excluding tert-OH is 1. The number of imide groups is 1. The lowest BCUT2D eigenvalue weighted by molar-refractivity contribution is -0.140. The lowest BCUT2D eigenvalue weighted by Crippen LogP contribution is -2.46. The number of hydrogen-bond acceptors (Lipinski definition) is 8. The van der Waals surface area contributed by atoms with Gasteiger partial charge in [-0.25, -0.2) is 13.5 Å². The van der Waals surface area contributed by atoms with Gasteiger partial charge in [-0.1, -0.05) is 51.1 Å². The highest BCUT2D eigenvalue weighted by Gasteiger charge is 2.39. The molecule has 3 amide bonds. The van der Waals surface area contributed by atoms with Crippen molar-refractivity contribution in [3.8, 4) is 5.69 Å². The summed E-state index contributed by atoms with van der Waals surface area (Å²) in [5.74, 6) is -3.01. The summed E-state index contributed by atoms with van der Waals surface area (Å²) in [6, 6.07) is 10.9. The molecule has 0 bridgehead atoms. The van der Waals surface area contributed by atoms with Crippen molar-refractivity contribution in [3.05, 3.63) is 95.3 Å². The molecule has 1 aliphatic heterocycles. The van der Waals surface area contributed by atoms with E-state index < -0.39 is 41.6 Å². The summed E-state index contributed by atoms with van der Waals surface area (Å²) in [6.45, 7) is 5.14. The summed E-state index contributed by atoms with van der Waals surface area (Å²) in [5, 5.41) is 14.9. The van der Waals surface area contributed by atoms with E-state index in [9.17, 15) is 33.5 Å². The van der Waals surface area contributed by atoms with E-state index in [1.165, 1.54) is 21.7 Å². The minimum Gasteiger partial charge on any atom is -0.387 e. The Bertz CT molecular complexity index is 1870. The van der Waals surface area contributed by atoms with Crippen LogP contribution in [-0.2, 0) is 30.4 Å². The molecular weight excluding hydrogens is 696 g/mol. The van der Waals surface area contributed by atoms with Crippen LogP contribution in [0.3, 0.4) is 0 Å². The fraction of sp³-hybridized carbons (Fsp3) is 0.463. The van der Waals surface area contributed by atoms with Crippen molar-refractivity contribution in [2.24, 2.45) is 23.0 Å². The van der Waals surface area contributed by atoms with E-state index >= 15 is 4.39 Å². The van der Waals surface area contributed by atoms with E-state index in [4.69, 9.17) is 10.8 Å². The van der Waals surface area contributed by atoms with Crippen LogP contribution in [0.1, 0.15) is 88.6 Å². The van der Waals surface area contributed by atoms with Gasteiger partial charge < -0.3 is 15.7 Å². The third-order valence-electron chi connectivity index (χ3n) is 10.3. The molecule has 2 aromatic carbocycles. The van der Waals surface area contributed by atoms with E-state index in [1.54, 1.807) is 6.20 Å². The zero-order chi connectivity index (χ0) is 39.2. The maximum atomic E-state index is 15.0. The lowest BCUT2D eigenvalue weighted by atomic mass is 9.81. The van der Waals surface area contributed by atoms with Gasteiger partial charge in [0, 0.05) is 68.2 Å². The van der Waals surface area contributed by atoms with Crippen LogP contribution < -0.4 is 5.73 Å². The third kappa shape index (κ3) is 9.80. The topological polar surface area (TPSA) is 156 Å². The molecule has 0 spiro atoms. The van der Waals surface area contributed by atoms with Gasteiger partial charge in [0.05, 0.1) is 17.8 Å². The second-order valence-corrected chi connectivity index (χ2v) is 15.4. The van der Waals surface area contributed by atoms with Crippen molar-refractivity contribution in [3.63, 3.8) is 0 Å². The van der Waals surface area contributed by atoms with Gasteiger partial charge in [-0.2, -0.15) is 5.10 Å². The Morgan fingerprint density at radius 1 is 1.04 bits per heavy atom. The predicted octanol–water partition coefficient (Wildman–Crippen LogP) is 5.02. The fourth-order valence-corrected chi connectivity index (χ4v) is 7.60. The van der Waals surface area contributed by atoms with Crippen LogP contribution in [0.25, 0.3) is 5.69 Å². The van der Waals surface area contributed by atoms with Crippen LogP contribution in [0, 0.1) is 28.9 Å². The first-order valence-corrected chi connectivity index (χ1v) is 18.5. The van der Waals surface area contributed by atoms with Crippen molar-refractivity contribution in [1.29, 1.82) is 0 Å². The molecule has 1 fully saturated rings. The van der Waals surface area contributed by atoms with Crippen LogP contribution in [-0.4, -0.2) is 79.7 Å². The van der Waals surface area contributed by atoms with Crippen LogP contribution in [0.2, 0.25) is 0 Å². The first kappa shape index (κ1) is 40.3. The van der Waals surface area contributed by atoms with Crippen molar-refractivity contribution < 1.29 is 37.9 Å². The maximum Gasteiger partial charge on any atom is 0.253 e. The van der Waals surface area contributed by atoms with Gasteiger partial charge in [-0.15, -0.1) is 0 Å². The largest absolute Gasteiger partial charge is 0.387 e. The van der Waals surface area contributed by atoms with Gasteiger partial charge in [0.1, 0.15) is 35.5 Å². The van der Waals surface area contributed by atoms with E-state index in [0.717, 1.165) is 28.7 Å². The van der Waals surface area contributed by atoms with E-state index in [-0.39, 0.29) is 73.3 Å². The Labute approximate surface area is 314 Å². The minimum atomic E-state index is -0.916. The van der Waals surface area contributed by atoms with Gasteiger partial charge in [0.25, 0.3) is 11.8 Å². The molecule has 5 rings (SSSR count). The summed E-state index contributed by atoms with van der Waals surface area (Å²) >= 11 is 0. The monoisotopic (exact) mass is 745 g/mol. The third-order valence-corrected chi connectivity index (χ3v) is 10.3. The molecule has 2 aliphatic rings. The first-order chi connectivity index (χ1) is 25.7. The molecule has 0 unspecified atom stereocenters. The van der Waals surface area contributed by atoms with Gasteiger partial charge in [-0.3, -0.25) is 28.9 Å². The molecule has 1 aliphatic carbocycles. The van der Waals surface area contributed by atoms with Gasteiger partial charge in [0.2, 0.25) is 5.91 Å². The number of halogens is 2. The molecule has 54 heavy (non-hydrogen) atoms. The van der Waals surface area contributed by atoms with Gasteiger partial charge >= 0.3 is 0 Å². The number of nitrogens with two attached hydrogens (primary N) is 1. The predicted molar refractivity (Wildman–Crippen MR) is 197 cm³/mol. The molecule has 1 aromatic heterocycles. The number of ketones is 2. The van der Waals surface area contributed by atoms with E-state index in [2.05, 4.69) is 0 Å². The fourth-order valence-electron chi connectivity index (χ4n) is 7.60. The second-order valence-electron chi connectivity index (χ2n) is 15.4. The van der Waals surface area contributed by atoms with Crippen LogP contribution in [0.4, 0.5) is 8.78 Å². The quantitative estimate of drug-likeness (QED) is 0.183. The van der Waals surface area contributed by atoms with Gasteiger partial charge in [-0.05, 0) is 61.1 Å². The number of benzene rings is 2. The number of Topliss-reactive ketones (excluding diaryl/α,β-unsaturated/α-hetero) is 2. The van der Waals surface area contributed by atoms with Crippen molar-refractivity contribution in [1.82, 2.24) is 19.6 Å². The second kappa shape index (κ2) is 17.5.